The molecular formula is C15H16N2O2S. The fourth-order valence-electron chi connectivity index (χ4n) is 2.56. The van der Waals surface area contributed by atoms with Crippen LogP contribution in [0.2, 0.25) is 0 Å². The van der Waals surface area contributed by atoms with E-state index in [-0.39, 0.29) is 17.9 Å². The molecule has 2 aliphatic heterocycles. The number of para-hydroxylation sites is 1. The van der Waals surface area contributed by atoms with E-state index in [1.54, 1.807) is 0 Å². The van der Waals surface area contributed by atoms with Crippen molar-refractivity contribution in [1.82, 2.24) is 4.90 Å². The summed E-state index contributed by atoms with van der Waals surface area (Å²) < 4.78 is 0. The molecule has 1 aromatic rings. The Labute approximate surface area is 122 Å². The number of nitrogens with one attached hydrogen (secondary N) is 1. The van der Waals surface area contributed by atoms with Gasteiger partial charge in [0.25, 0.3) is 5.91 Å². The van der Waals surface area contributed by atoms with E-state index in [1.165, 1.54) is 17.8 Å². The summed E-state index contributed by atoms with van der Waals surface area (Å²) in [6, 6.07) is 7.87. The molecular weight excluding hydrogens is 272 g/mol. The quantitative estimate of drug-likeness (QED) is 0.808. The summed E-state index contributed by atoms with van der Waals surface area (Å²) in [5, 5.41) is 2.82. The Balaban J connectivity index is 1.82. The Kier molecular flexibility index (Phi) is 3.53. The number of hydrogen-bond acceptors (Lipinski definition) is 3. The number of amides is 2. The van der Waals surface area contributed by atoms with Crippen LogP contribution < -0.4 is 5.32 Å². The van der Waals surface area contributed by atoms with Crippen LogP contribution >= 0.6 is 11.8 Å². The number of fused-ring (bicyclic) bond motifs is 1. The van der Waals surface area contributed by atoms with Gasteiger partial charge in [0.2, 0.25) is 5.91 Å². The normalized spacial score (nSPS) is 23.6. The molecule has 2 aliphatic rings. The van der Waals surface area contributed by atoms with Crippen molar-refractivity contribution in [2.24, 2.45) is 0 Å². The van der Waals surface area contributed by atoms with Crippen molar-refractivity contribution in [2.75, 3.05) is 11.9 Å². The van der Waals surface area contributed by atoms with E-state index in [9.17, 15) is 9.59 Å². The molecule has 2 heterocycles. The lowest BCUT2D eigenvalue weighted by atomic mass is 10.2. The van der Waals surface area contributed by atoms with Gasteiger partial charge in [-0.15, -0.1) is 0 Å². The van der Waals surface area contributed by atoms with Crippen LogP contribution in [0.4, 0.5) is 5.69 Å². The van der Waals surface area contributed by atoms with E-state index in [4.69, 9.17) is 0 Å². The van der Waals surface area contributed by atoms with Crippen molar-refractivity contribution < 1.29 is 9.59 Å². The van der Waals surface area contributed by atoms with Gasteiger partial charge in [0.05, 0.1) is 10.6 Å². The zero-order chi connectivity index (χ0) is 14.1. The molecule has 2 amide bonds. The van der Waals surface area contributed by atoms with E-state index >= 15 is 0 Å². The van der Waals surface area contributed by atoms with Crippen molar-refractivity contribution >= 4 is 29.3 Å². The molecule has 104 valence electrons. The summed E-state index contributed by atoms with van der Waals surface area (Å²) in [5.74, 6) is -0.263. The largest absolute Gasteiger partial charge is 0.336 e. The van der Waals surface area contributed by atoms with Gasteiger partial charge >= 0.3 is 0 Å². The summed E-state index contributed by atoms with van der Waals surface area (Å²) in [7, 11) is 0. The van der Waals surface area contributed by atoms with Crippen LogP contribution in [-0.2, 0) is 9.59 Å². The second kappa shape index (κ2) is 5.32. The van der Waals surface area contributed by atoms with E-state index < -0.39 is 0 Å². The second-order valence-electron chi connectivity index (χ2n) is 5.08. The van der Waals surface area contributed by atoms with Gasteiger partial charge in [-0.2, -0.15) is 0 Å². The number of carbonyl (C=O) groups excluding carboxylic acids is 2. The Hall–Kier alpha value is -1.75. The molecule has 1 atom stereocenters. The van der Waals surface area contributed by atoms with Gasteiger partial charge in [0.15, 0.2) is 0 Å². The number of anilines is 1. The van der Waals surface area contributed by atoms with E-state index in [0.29, 0.717) is 4.91 Å². The Bertz CT molecular complexity index is 597. The summed E-state index contributed by atoms with van der Waals surface area (Å²) in [6.45, 7) is 2.83. The zero-order valence-electron chi connectivity index (χ0n) is 11.3. The molecule has 0 bridgehead atoms. The summed E-state index contributed by atoms with van der Waals surface area (Å²) in [6.07, 6.45) is 3.55. The van der Waals surface area contributed by atoms with Crippen LogP contribution in [-0.4, -0.2) is 29.3 Å². The van der Waals surface area contributed by atoms with E-state index in [2.05, 4.69) is 5.32 Å². The average Bonchev–Trinajstić information content (AvgIpc) is 2.86. The minimum Gasteiger partial charge on any atom is -0.336 e. The van der Waals surface area contributed by atoms with Crippen molar-refractivity contribution in [3.8, 4) is 0 Å². The van der Waals surface area contributed by atoms with Gasteiger partial charge < -0.3 is 10.2 Å². The number of benzene rings is 1. The van der Waals surface area contributed by atoms with Crippen LogP contribution in [0.15, 0.2) is 40.1 Å². The summed E-state index contributed by atoms with van der Waals surface area (Å²) in [5.41, 5.74) is 0.807. The number of thioether (sulfide) groups is 1. The molecule has 1 fully saturated rings. The third-order valence-electron chi connectivity index (χ3n) is 3.67. The monoisotopic (exact) mass is 288 g/mol. The van der Waals surface area contributed by atoms with E-state index in [0.717, 1.165) is 30.0 Å². The maximum Gasteiger partial charge on any atom is 0.262 e. The van der Waals surface area contributed by atoms with Crippen molar-refractivity contribution in [3.05, 3.63) is 35.2 Å². The number of likely N-dealkylation sites (tertiary alicyclic amines) is 1. The molecule has 1 N–H and O–H groups in total. The average molecular weight is 288 g/mol. The third kappa shape index (κ3) is 2.45. The minimum absolute atomic E-state index is 0.0629. The minimum atomic E-state index is -0.200. The highest BCUT2D eigenvalue weighted by molar-refractivity contribution is 8.04. The highest BCUT2D eigenvalue weighted by atomic mass is 32.2. The molecule has 0 spiro atoms. The Morgan fingerprint density at radius 3 is 3.00 bits per heavy atom. The highest BCUT2D eigenvalue weighted by Crippen LogP contribution is 2.37. The molecule has 4 nitrogen and oxygen atoms in total. The lowest BCUT2D eigenvalue weighted by Gasteiger charge is -2.22. The molecule has 5 heteroatoms. The van der Waals surface area contributed by atoms with Crippen molar-refractivity contribution in [1.29, 1.82) is 0 Å². The van der Waals surface area contributed by atoms with Crippen LogP contribution in [0.3, 0.4) is 0 Å². The van der Waals surface area contributed by atoms with Gasteiger partial charge in [-0.3, -0.25) is 9.59 Å². The van der Waals surface area contributed by atoms with Gasteiger partial charge in [0.1, 0.15) is 0 Å². The molecule has 0 saturated carbocycles. The van der Waals surface area contributed by atoms with Gasteiger partial charge in [-0.1, -0.05) is 23.9 Å². The van der Waals surface area contributed by atoms with Crippen LogP contribution in [0, 0.1) is 0 Å². The molecule has 1 saturated heterocycles. The first-order valence-electron chi connectivity index (χ1n) is 6.75. The molecule has 20 heavy (non-hydrogen) atoms. The number of carbonyl (C=O) groups is 2. The number of rotatable bonds is 1. The zero-order valence-corrected chi connectivity index (χ0v) is 12.1. The molecule has 1 aromatic carbocycles. The maximum atomic E-state index is 12.2. The number of nitrogens with zero attached hydrogens (tertiary/aromatic N) is 1. The second-order valence-corrected chi connectivity index (χ2v) is 6.17. The molecule has 0 aromatic heterocycles. The maximum absolute atomic E-state index is 12.2. The fourth-order valence-corrected chi connectivity index (χ4v) is 3.47. The summed E-state index contributed by atoms with van der Waals surface area (Å²) >= 11 is 1.36. The smallest absolute Gasteiger partial charge is 0.262 e. The van der Waals surface area contributed by atoms with Gasteiger partial charge in [-0.25, -0.2) is 0 Å². The topological polar surface area (TPSA) is 49.4 Å². The van der Waals surface area contributed by atoms with Gasteiger partial charge in [-0.05, 0) is 31.9 Å². The van der Waals surface area contributed by atoms with Crippen LogP contribution in [0.25, 0.3) is 0 Å². The van der Waals surface area contributed by atoms with Gasteiger partial charge in [0, 0.05) is 23.6 Å². The predicted molar refractivity (Wildman–Crippen MR) is 79.4 cm³/mol. The third-order valence-corrected chi connectivity index (χ3v) is 4.77. The lowest BCUT2D eigenvalue weighted by Crippen LogP contribution is -2.33. The Morgan fingerprint density at radius 1 is 1.45 bits per heavy atom. The van der Waals surface area contributed by atoms with Crippen molar-refractivity contribution in [3.63, 3.8) is 0 Å². The van der Waals surface area contributed by atoms with Crippen LogP contribution in [0.1, 0.15) is 19.8 Å². The molecule has 0 radical (unpaired) electrons. The molecule has 0 aliphatic carbocycles. The first kappa shape index (κ1) is 13.2. The Morgan fingerprint density at radius 2 is 2.25 bits per heavy atom. The van der Waals surface area contributed by atoms with Crippen molar-refractivity contribution in [2.45, 2.75) is 30.7 Å². The predicted octanol–water partition coefficient (Wildman–Crippen LogP) is 2.63. The van der Waals surface area contributed by atoms with Crippen LogP contribution in [0.5, 0.6) is 0 Å². The molecule has 0 unspecified atom stereocenters. The highest BCUT2D eigenvalue weighted by Gasteiger charge is 2.26. The standard InChI is InChI=1S/C15H16N2O2S/c1-10-5-4-8-17(10)14(18)9-13-15(19)16-11-6-2-3-7-12(11)20-13/h2-3,6-7,9-10H,4-5,8H2,1H3,(H,16,19)/b13-9+/t10-/m0/s1. The first-order valence-corrected chi connectivity index (χ1v) is 7.57. The van der Waals surface area contributed by atoms with E-state index in [1.807, 2.05) is 36.1 Å². The fraction of sp³-hybridized carbons (Fsp3) is 0.333. The number of hydrogen-bond donors (Lipinski definition) is 1. The lowest BCUT2D eigenvalue weighted by molar-refractivity contribution is -0.126. The SMILES string of the molecule is C[C@H]1CCCN1C(=O)/C=C1/Sc2ccccc2NC1=O. The summed E-state index contributed by atoms with van der Waals surface area (Å²) in [4.78, 5) is 27.5. The first-order chi connectivity index (χ1) is 9.65. The molecule has 3 rings (SSSR count).